The average Bonchev–Trinajstić information content (AvgIpc) is 2.14. The first-order valence-corrected chi connectivity index (χ1v) is 6.00. The second kappa shape index (κ2) is 4.39. The molecule has 1 rings (SSSR count). The van der Waals surface area contributed by atoms with Gasteiger partial charge in [0.1, 0.15) is 0 Å². The Balaban J connectivity index is 2.95. The first kappa shape index (κ1) is 10.9. The van der Waals surface area contributed by atoms with E-state index >= 15 is 0 Å². The number of benzene rings is 1. The highest BCUT2D eigenvalue weighted by molar-refractivity contribution is 7.90. The van der Waals surface area contributed by atoms with Gasteiger partial charge in [-0.2, -0.15) is 0 Å². The van der Waals surface area contributed by atoms with Crippen molar-refractivity contribution in [2.24, 2.45) is 0 Å². The molecule has 0 bridgehead atoms. The van der Waals surface area contributed by atoms with Gasteiger partial charge in [-0.1, -0.05) is 24.3 Å². The van der Waals surface area contributed by atoms with E-state index in [1.54, 1.807) is 36.4 Å². The summed E-state index contributed by atoms with van der Waals surface area (Å²) in [6, 6.07) is 6.49. The van der Waals surface area contributed by atoms with Gasteiger partial charge >= 0.3 is 0 Å². The van der Waals surface area contributed by atoms with Crippen molar-refractivity contribution in [3.8, 4) is 0 Å². The summed E-state index contributed by atoms with van der Waals surface area (Å²) in [5, 5.41) is 8.53. The van der Waals surface area contributed by atoms with Crippen LogP contribution >= 0.6 is 0 Å². The van der Waals surface area contributed by atoms with Crippen LogP contribution in [0.2, 0.25) is 0 Å². The first-order valence-electron chi connectivity index (χ1n) is 4.11. The molecule has 0 heterocycles. The zero-order chi connectivity index (χ0) is 10.6. The third-order valence-electron chi connectivity index (χ3n) is 1.72. The van der Waals surface area contributed by atoms with Crippen LogP contribution in [-0.2, 0) is 9.84 Å². The molecule has 0 saturated carbocycles. The standard InChI is InChI=1S/C10H12O3S/c1-14(12,13)10-6-4-9(5-7-10)3-2-8-11/h2-7,11H,8H2,1H3/b3-2+. The van der Waals surface area contributed by atoms with Crippen LogP contribution in [0, 0.1) is 0 Å². The van der Waals surface area contributed by atoms with E-state index in [4.69, 9.17) is 5.11 Å². The van der Waals surface area contributed by atoms with Crippen molar-refractivity contribution < 1.29 is 13.5 Å². The summed E-state index contributed by atoms with van der Waals surface area (Å²) in [6.07, 6.45) is 4.49. The summed E-state index contributed by atoms with van der Waals surface area (Å²) in [6.45, 7) is -0.0200. The molecule has 1 N–H and O–H groups in total. The lowest BCUT2D eigenvalue weighted by Gasteiger charge is -1.98. The number of hydrogen-bond acceptors (Lipinski definition) is 3. The summed E-state index contributed by atoms with van der Waals surface area (Å²) >= 11 is 0. The van der Waals surface area contributed by atoms with E-state index in [1.165, 1.54) is 6.26 Å². The average molecular weight is 212 g/mol. The highest BCUT2D eigenvalue weighted by Gasteiger charge is 2.04. The maximum Gasteiger partial charge on any atom is 0.175 e. The number of aliphatic hydroxyl groups is 1. The molecule has 0 radical (unpaired) electrons. The van der Waals surface area contributed by atoms with Crippen LogP contribution in [0.3, 0.4) is 0 Å². The van der Waals surface area contributed by atoms with Crippen molar-refractivity contribution in [1.29, 1.82) is 0 Å². The predicted molar refractivity (Wildman–Crippen MR) is 55.7 cm³/mol. The molecule has 0 aliphatic carbocycles. The number of rotatable bonds is 3. The van der Waals surface area contributed by atoms with E-state index in [-0.39, 0.29) is 6.61 Å². The zero-order valence-electron chi connectivity index (χ0n) is 7.84. The Morgan fingerprint density at radius 3 is 2.29 bits per heavy atom. The van der Waals surface area contributed by atoms with Crippen LogP contribution in [0.5, 0.6) is 0 Å². The van der Waals surface area contributed by atoms with Gasteiger partial charge in [0, 0.05) is 6.26 Å². The van der Waals surface area contributed by atoms with Crippen molar-refractivity contribution >= 4 is 15.9 Å². The highest BCUT2D eigenvalue weighted by Crippen LogP contribution is 2.10. The van der Waals surface area contributed by atoms with Crippen molar-refractivity contribution in [2.75, 3.05) is 12.9 Å². The molecule has 1 aromatic carbocycles. The second-order valence-electron chi connectivity index (χ2n) is 2.93. The quantitative estimate of drug-likeness (QED) is 0.816. The maximum absolute atomic E-state index is 11.1. The molecule has 0 amide bonds. The fourth-order valence-electron chi connectivity index (χ4n) is 1.01. The van der Waals surface area contributed by atoms with E-state index in [0.29, 0.717) is 4.90 Å². The highest BCUT2D eigenvalue weighted by atomic mass is 32.2. The zero-order valence-corrected chi connectivity index (χ0v) is 8.66. The molecule has 0 spiro atoms. The van der Waals surface area contributed by atoms with E-state index in [9.17, 15) is 8.42 Å². The topological polar surface area (TPSA) is 54.4 Å². The lowest BCUT2D eigenvalue weighted by molar-refractivity contribution is 0.343. The SMILES string of the molecule is CS(=O)(=O)c1ccc(/C=C/CO)cc1. The van der Waals surface area contributed by atoms with Gasteiger partial charge in [0.2, 0.25) is 0 Å². The Bertz CT molecular complexity index is 415. The van der Waals surface area contributed by atoms with Gasteiger partial charge in [0.05, 0.1) is 11.5 Å². The van der Waals surface area contributed by atoms with E-state index in [1.807, 2.05) is 0 Å². The van der Waals surface area contributed by atoms with Crippen LogP contribution in [0.15, 0.2) is 35.2 Å². The van der Waals surface area contributed by atoms with E-state index in [2.05, 4.69) is 0 Å². The Labute approximate surface area is 83.6 Å². The van der Waals surface area contributed by atoms with Gasteiger partial charge < -0.3 is 5.11 Å². The lowest BCUT2D eigenvalue weighted by atomic mass is 10.2. The molecule has 0 aromatic heterocycles. The van der Waals surface area contributed by atoms with Crippen molar-refractivity contribution in [1.82, 2.24) is 0 Å². The summed E-state index contributed by atoms with van der Waals surface area (Å²) in [4.78, 5) is 0.304. The molecule has 0 saturated heterocycles. The Kier molecular flexibility index (Phi) is 3.43. The van der Waals surface area contributed by atoms with Gasteiger partial charge in [0.25, 0.3) is 0 Å². The molecule has 3 nitrogen and oxygen atoms in total. The van der Waals surface area contributed by atoms with Gasteiger partial charge in [0.15, 0.2) is 9.84 Å². The Hall–Kier alpha value is -1.13. The minimum atomic E-state index is -3.11. The van der Waals surface area contributed by atoms with E-state index < -0.39 is 9.84 Å². The molecule has 0 unspecified atom stereocenters. The van der Waals surface area contributed by atoms with Gasteiger partial charge in [-0.3, -0.25) is 0 Å². The smallest absolute Gasteiger partial charge is 0.175 e. The van der Waals surface area contributed by atoms with Gasteiger partial charge in [-0.05, 0) is 17.7 Å². The fraction of sp³-hybridized carbons (Fsp3) is 0.200. The summed E-state index contributed by atoms with van der Waals surface area (Å²) in [7, 11) is -3.11. The van der Waals surface area contributed by atoms with Crippen LogP contribution in [0.25, 0.3) is 6.08 Å². The third-order valence-corrected chi connectivity index (χ3v) is 2.85. The number of hydrogen-bond donors (Lipinski definition) is 1. The molecule has 1 aromatic rings. The summed E-state index contributed by atoms with van der Waals surface area (Å²) < 4.78 is 22.2. The maximum atomic E-state index is 11.1. The van der Waals surface area contributed by atoms with E-state index in [0.717, 1.165) is 5.56 Å². The predicted octanol–water partition coefficient (Wildman–Crippen LogP) is 1.10. The molecule has 4 heteroatoms. The van der Waals surface area contributed by atoms with Crippen molar-refractivity contribution in [2.45, 2.75) is 4.90 Å². The van der Waals surface area contributed by atoms with Crippen LogP contribution in [0.1, 0.15) is 5.56 Å². The molecule has 0 aliphatic heterocycles. The van der Waals surface area contributed by atoms with Gasteiger partial charge in [-0.15, -0.1) is 0 Å². The minimum Gasteiger partial charge on any atom is -0.392 e. The molecule has 14 heavy (non-hydrogen) atoms. The Morgan fingerprint density at radius 1 is 1.29 bits per heavy atom. The molecule has 0 atom stereocenters. The lowest BCUT2D eigenvalue weighted by Crippen LogP contribution is -1.96. The molecular weight excluding hydrogens is 200 g/mol. The minimum absolute atomic E-state index is 0.0200. The first-order chi connectivity index (χ1) is 6.54. The molecular formula is C10H12O3S. The Morgan fingerprint density at radius 2 is 1.86 bits per heavy atom. The van der Waals surface area contributed by atoms with Crippen LogP contribution in [0.4, 0.5) is 0 Å². The van der Waals surface area contributed by atoms with Crippen molar-refractivity contribution in [3.63, 3.8) is 0 Å². The second-order valence-corrected chi connectivity index (χ2v) is 4.94. The fourth-order valence-corrected chi connectivity index (χ4v) is 1.65. The normalized spacial score (nSPS) is 12.1. The third kappa shape index (κ3) is 2.97. The molecule has 0 fully saturated rings. The number of sulfone groups is 1. The summed E-state index contributed by atoms with van der Waals surface area (Å²) in [5.74, 6) is 0. The summed E-state index contributed by atoms with van der Waals surface area (Å²) in [5.41, 5.74) is 0.867. The largest absolute Gasteiger partial charge is 0.392 e. The molecule has 76 valence electrons. The van der Waals surface area contributed by atoms with Gasteiger partial charge in [-0.25, -0.2) is 8.42 Å². The molecule has 0 aliphatic rings. The monoisotopic (exact) mass is 212 g/mol. The van der Waals surface area contributed by atoms with Crippen molar-refractivity contribution in [3.05, 3.63) is 35.9 Å². The number of aliphatic hydroxyl groups excluding tert-OH is 1. The van der Waals surface area contributed by atoms with Crippen LogP contribution < -0.4 is 0 Å². The van der Waals surface area contributed by atoms with Crippen LogP contribution in [-0.4, -0.2) is 26.4 Å².